The molecule has 1 N–H and O–H groups in total. The third kappa shape index (κ3) is 1.97. The zero-order valence-corrected chi connectivity index (χ0v) is 9.10. The number of aromatic amines is 1. The highest BCUT2D eigenvalue weighted by Gasteiger charge is 2.24. The Morgan fingerprint density at radius 1 is 1.56 bits per heavy atom. The maximum atomic E-state index is 11.6. The second-order valence-electron chi connectivity index (χ2n) is 3.88. The van der Waals surface area contributed by atoms with E-state index in [-0.39, 0.29) is 17.8 Å². The van der Waals surface area contributed by atoms with E-state index in [9.17, 15) is 9.59 Å². The first-order chi connectivity index (χ1) is 7.61. The highest BCUT2D eigenvalue weighted by Crippen LogP contribution is 2.24. The molecule has 6 heteroatoms. The highest BCUT2D eigenvalue weighted by atomic mass is 16.5. The number of rotatable bonds is 2. The van der Waals surface area contributed by atoms with Gasteiger partial charge >= 0.3 is 5.69 Å². The summed E-state index contributed by atoms with van der Waals surface area (Å²) in [5.74, 6) is 0. The van der Waals surface area contributed by atoms with Gasteiger partial charge in [-0.05, 0) is 19.3 Å². The molecule has 84 valence electrons. The van der Waals surface area contributed by atoms with Crippen LogP contribution in [0.3, 0.4) is 0 Å². The predicted molar refractivity (Wildman–Crippen MR) is 59.6 cm³/mol. The van der Waals surface area contributed by atoms with E-state index in [0.717, 1.165) is 6.42 Å². The lowest BCUT2D eigenvalue weighted by Gasteiger charge is -2.14. The number of aryl methyl sites for hydroxylation is 1. The maximum Gasteiger partial charge on any atom is 0.330 e. The summed E-state index contributed by atoms with van der Waals surface area (Å²) in [6.45, 7) is 1.86. The van der Waals surface area contributed by atoms with Crippen molar-refractivity contribution in [1.29, 1.82) is 0 Å². The van der Waals surface area contributed by atoms with E-state index in [2.05, 4.69) is 4.98 Å². The zero-order valence-electron chi connectivity index (χ0n) is 9.10. The minimum Gasteiger partial charge on any atom is -0.364 e. The van der Waals surface area contributed by atoms with Crippen LogP contribution in [0.4, 0.5) is 0 Å². The Bertz CT molecular complexity index is 494. The zero-order chi connectivity index (χ0) is 11.7. The summed E-state index contributed by atoms with van der Waals surface area (Å²) in [6.07, 6.45) is 3.19. The number of aromatic nitrogens is 2. The number of nitrogens with one attached hydrogen (secondary N) is 1. The Kier molecular flexibility index (Phi) is 3.00. The molecule has 2 heterocycles. The van der Waals surface area contributed by atoms with Gasteiger partial charge in [-0.1, -0.05) is 6.92 Å². The summed E-state index contributed by atoms with van der Waals surface area (Å²) >= 11 is 0. The van der Waals surface area contributed by atoms with Crippen LogP contribution >= 0.6 is 0 Å². The molecule has 0 aromatic carbocycles. The Labute approximate surface area is 93.9 Å². The van der Waals surface area contributed by atoms with E-state index >= 15 is 0 Å². The van der Waals surface area contributed by atoms with Crippen molar-refractivity contribution in [2.24, 2.45) is 0 Å². The van der Waals surface area contributed by atoms with E-state index in [4.69, 9.17) is 12.6 Å². The Morgan fingerprint density at radius 3 is 2.88 bits per heavy atom. The molecule has 2 atom stereocenters. The molecule has 0 saturated carbocycles. The molecule has 0 aliphatic carbocycles. The maximum absolute atomic E-state index is 11.6. The second kappa shape index (κ2) is 4.29. The molecule has 0 bridgehead atoms. The summed E-state index contributed by atoms with van der Waals surface area (Å²) in [6, 6.07) is -0.325. The Hall–Kier alpha value is -1.30. The Balaban J connectivity index is 2.41. The normalized spacial score (nSPS) is 24.8. The summed E-state index contributed by atoms with van der Waals surface area (Å²) in [7, 11) is 5.60. The number of hydrogen-bond donors (Lipinski definition) is 1. The highest BCUT2D eigenvalue weighted by molar-refractivity contribution is 6.11. The van der Waals surface area contributed by atoms with Gasteiger partial charge in [-0.25, -0.2) is 4.79 Å². The summed E-state index contributed by atoms with van der Waals surface area (Å²) in [4.78, 5) is 25.2. The van der Waals surface area contributed by atoms with Gasteiger partial charge in [-0.3, -0.25) is 14.3 Å². The molecule has 16 heavy (non-hydrogen) atoms. The van der Waals surface area contributed by atoms with Crippen LogP contribution in [0.5, 0.6) is 0 Å². The van der Waals surface area contributed by atoms with E-state index in [1.54, 1.807) is 6.20 Å². The van der Waals surface area contributed by atoms with Gasteiger partial charge in [0.25, 0.3) is 5.56 Å². The monoisotopic (exact) mass is 220 g/mol. The van der Waals surface area contributed by atoms with Gasteiger partial charge in [-0.15, -0.1) is 0 Å². The minimum absolute atomic E-state index is 0.325. The van der Waals surface area contributed by atoms with E-state index in [1.807, 2.05) is 6.92 Å². The number of H-pyrrole nitrogens is 1. The van der Waals surface area contributed by atoms with Gasteiger partial charge in [-0.2, -0.15) is 0 Å². The number of hydrogen-bond acceptors (Lipinski definition) is 3. The topological polar surface area (TPSA) is 64.1 Å². The van der Waals surface area contributed by atoms with Gasteiger partial charge in [0.1, 0.15) is 14.1 Å². The molecule has 1 aliphatic rings. The van der Waals surface area contributed by atoms with Crippen molar-refractivity contribution in [2.75, 3.05) is 0 Å². The summed E-state index contributed by atoms with van der Waals surface area (Å²) in [5, 5.41) is 0. The summed E-state index contributed by atoms with van der Waals surface area (Å²) in [5.41, 5.74) is -0.198. The lowest BCUT2D eigenvalue weighted by Crippen LogP contribution is -2.34. The van der Waals surface area contributed by atoms with Gasteiger partial charge < -0.3 is 4.74 Å². The SMILES string of the molecule is [B][C@@H]1CCC(n2cc(CC)c(=O)[nH]c2=O)O1. The van der Waals surface area contributed by atoms with Crippen molar-refractivity contribution >= 4 is 7.85 Å². The molecule has 5 nitrogen and oxygen atoms in total. The first-order valence-corrected chi connectivity index (χ1v) is 5.37. The molecular weight excluding hydrogens is 207 g/mol. The average molecular weight is 220 g/mol. The number of nitrogens with zero attached hydrogens (tertiary/aromatic N) is 1. The largest absolute Gasteiger partial charge is 0.364 e. The van der Waals surface area contributed by atoms with Crippen molar-refractivity contribution < 1.29 is 4.74 Å². The van der Waals surface area contributed by atoms with Crippen LogP contribution in [0.25, 0.3) is 0 Å². The van der Waals surface area contributed by atoms with Gasteiger partial charge in [0.2, 0.25) is 0 Å². The third-order valence-electron chi connectivity index (χ3n) is 2.76. The van der Waals surface area contributed by atoms with Crippen molar-refractivity contribution in [3.63, 3.8) is 0 Å². The molecule has 1 aromatic rings. The smallest absolute Gasteiger partial charge is 0.330 e. The standard InChI is InChI=1S/C10H13BN2O3/c1-2-6-5-13(10(15)12-9(6)14)8-4-3-7(11)16-8/h5,7-8H,2-4H2,1H3,(H,12,14,15)/t7-,8?/m0/s1. The van der Waals surface area contributed by atoms with Crippen molar-refractivity contribution in [3.05, 3.63) is 32.6 Å². The molecule has 1 aromatic heterocycles. The molecule has 1 saturated heterocycles. The molecule has 2 radical (unpaired) electrons. The van der Waals surface area contributed by atoms with Crippen LogP contribution in [-0.4, -0.2) is 23.4 Å². The summed E-state index contributed by atoms with van der Waals surface area (Å²) < 4.78 is 6.80. The van der Waals surface area contributed by atoms with E-state index < -0.39 is 5.69 Å². The van der Waals surface area contributed by atoms with Crippen LogP contribution in [0.1, 0.15) is 31.6 Å². The van der Waals surface area contributed by atoms with Gasteiger partial charge in [0.05, 0.1) is 0 Å². The van der Waals surface area contributed by atoms with Crippen molar-refractivity contribution in [3.8, 4) is 0 Å². The fraction of sp³-hybridized carbons (Fsp3) is 0.600. The fourth-order valence-electron chi connectivity index (χ4n) is 1.84. The third-order valence-corrected chi connectivity index (χ3v) is 2.76. The van der Waals surface area contributed by atoms with Crippen LogP contribution in [-0.2, 0) is 11.2 Å². The Morgan fingerprint density at radius 2 is 2.31 bits per heavy atom. The lowest BCUT2D eigenvalue weighted by atomic mass is 9.98. The second-order valence-corrected chi connectivity index (χ2v) is 3.88. The molecule has 0 amide bonds. The molecule has 1 unspecified atom stereocenters. The quantitative estimate of drug-likeness (QED) is 0.708. The van der Waals surface area contributed by atoms with Crippen LogP contribution in [0.2, 0.25) is 0 Å². The first-order valence-electron chi connectivity index (χ1n) is 5.37. The predicted octanol–water partition coefficient (Wildman–Crippen LogP) is -0.0974. The molecule has 1 aliphatic heterocycles. The first kappa shape index (κ1) is 11.2. The lowest BCUT2D eigenvalue weighted by molar-refractivity contribution is 0.0338. The van der Waals surface area contributed by atoms with Gasteiger partial charge in [0.15, 0.2) is 0 Å². The van der Waals surface area contributed by atoms with Crippen molar-refractivity contribution in [1.82, 2.24) is 9.55 Å². The van der Waals surface area contributed by atoms with Crippen LogP contribution in [0.15, 0.2) is 15.8 Å². The fourth-order valence-corrected chi connectivity index (χ4v) is 1.84. The molecular formula is C10H13BN2O3. The van der Waals surface area contributed by atoms with E-state index in [1.165, 1.54) is 4.57 Å². The average Bonchev–Trinajstić information content (AvgIpc) is 2.65. The van der Waals surface area contributed by atoms with E-state index in [0.29, 0.717) is 18.4 Å². The minimum atomic E-state index is -0.443. The van der Waals surface area contributed by atoms with Crippen molar-refractivity contribution in [2.45, 2.75) is 38.4 Å². The van der Waals surface area contributed by atoms with Crippen LogP contribution < -0.4 is 11.2 Å². The molecule has 1 fully saturated rings. The van der Waals surface area contributed by atoms with Crippen LogP contribution in [0, 0.1) is 0 Å². The number of ether oxygens (including phenoxy) is 1. The molecule has 0 spiro atoms. The van der Waals surface area contributed by atoms with Gasteiger partial charge in [0, 0.05) is 17.8 Å². The molecule has 2 rings (SSSR count).